The number of nitrogens with one attached hydrogen (secondary N) is 1. The number of amides is 1. The van der Waals surface area contributed by atoms with Gasteiger partial charge in [-0.3, -0.25) is 4.79 Å². The number of likely N-dealkylation sites (N-methyl/N-ethyl adjacent to an activating group) is 1. The average Bonchev–Trinajstić information content (AvgIpc) is 2.33. The molecule has 0 saturated carbocycles. The maximum Gasteiger partial charge on any atom is 0.237 e. The van der Waals surface area contributed by atoms with Gasteiger partial charge < -0.3 is 15.8 Å². The third-order valence-electron chi connectivity index (χ3n) is 3.44. The van der Waals surface area contributed by atoms with Gasteiger partial charge in [0.05, 0.1) is 11.6 Å². The van der Waals surface area contributed by atoms with Gasteiger partial charge in [-0.1, -0.05) is 32.6 Å². The van der Waals surface area contributed by atoms with E-state index in [1.54, 1.807) is 7.05 Å². The van der Waals surface area contributed by atoms with E-state index >= 15 is 0 Å². The molecule has 0 radical (unpaired) electrons. The van der Waals surface area contributed by atoms with Gasteiger partial charge in [0.25, 0.3) is 0 Å². The van der Waals surface area contributed by atoms with Crippen molar-refractivity contribution in [3.05, 3.63) is 0 Å². The predicted molar refractivity (Wildman–Crippen MR) is 75.4 cm³/mol. The fraction of sp³-hybridized carbons (Fsp3) is 0.929. The van der Waals surface area contributed by atoms with Crippen LogP contribution in [0.25, 0.3) is 0 Å². The van der Waals surface area contributed by atoms with Crippen molar-refractivity contribution in [2.75, 3.05) is 13.7 Å². The second kappa shape index (κ2) is 9.34. The minimum atomic E-state index is -0.679. The highest BCUT2D eigenvalue weighted by Gasteiger charge is 2.31. The Balaban J connectivity index is 3.76. The van der Waals surface area contributed by atoms with E-state index in [-0.39, 0.29) is 12.0 Å². The zero-order chi connectivity index (χ0) is 14.0. The number of hydrogen-bond acceptors (Lipinski definition) is 3. The highest BCUT2D eigenvalue weighted by Crippen LogP contribution is 2.14. The smallest absolute Gasteiger partial charge is 0.237 e. The maximum atomic E-state index is 11.3. The van der Waals surface area contributed by atoms with Gasteiger partial charge in [-0.2, -0.15) is 0 Å². The zero-order valence-corrected chi connectivity index (χ0v) is 12.4. The van der Waals surface area contributed by atoms with E-state index in [1.165, 1.54) is 25.7 Å². The fourth-order valence-corrected chi connectivity index (χ4v) is 1.95. The summed E-state index contributed by atoms with van der Waals surface area (Å²) in [6, 6.07) is 0. The molecule has 0 heterocycles. The first-order valence-electron chi connectivity index (χ1n) is 7.06. The van der Waals surface area contributed by atoms with E-state index < -0.39 is 5.54 Å². The van der Waals surface area contributed by atoms with Gasteiger partial charge in [0.15, 0.2) is 0 Å². The van der Waals surface area contributed by atoms with Crippen LogP contribution >= 0.6 is 0 Å². The number of nitrogens with two attached hydrogens (primary N) is 1. The number of hydrogen-bond donors (Lipinski definition) is 2. The molecule has 0 aliphatic heterocycles. The lowest BCUT2D eigenvalue weighted by Crippen LogP contribution is -2.53. The third kappa shape index (κ3) is 6.97. The van der Waals surface area contributed by atoms with Crippen molar-refractivity contribution in [1.82, 2.24) is 5.32 Å². The Morgan fingerprint density at radius 2 is 1.94 bits per heavy atom. The summed E-state index contributed by atoms with van der Waals surface area (Å²) >= 11 is 0. The minimum absolute atomic E-state index is 0.0427. The van der Waals surface area contributed by atoms with Crippen LogP contribution in [0.5, 0.6) is 0 Å². The highest BCUT2D eigenvalue weighted by atomic mass is 16.5. The molecular formula is C14H30N2O2. The molecule has 108 valence electrons. The van der Waals surface area contributed by atoms with Crippen molar-refractivity contribution in [2.24, 2.45) is 5.73 Å². The van der Waals surface area contributed by atoms with Crippen molar-refractivity contribution in [1.29, 1.82) is 0 Å². The van der Waals surface area contributed by atoms with Crippen LogP contribution in [-0.4, -0.2) is 31.2 Å². The summed E-state index contributed by atoms with van der Waals surface area (Å²) in [7, 11) is 1.75. The summed E-state index contributed by atoms with van der Waals surface area (Å²) in [5.41, 5.74) is 4.70. The normalized spacial score (nSPS) is 16.2. The highest BCUT2D eigenvalue weighted by molar-refractivity contribution is 5.84. The summed E-state index contributed by atoms with van der Waals surface area (Å²) in [5, 5.41) is 2.97. The number of ether oxygens (including phenoxy) is 1. The molecule has 4 heteroatoms. The predicted octanol–water partition coefficient (Wildman–Crippen LogP) is 2.22. The molecule has 0 aromatic carbocycles. The molecular weight excluding hydrogens is 228 g/mol. The largest absolute Gasteiger partial charge is 0.378 e. The fourth-order valence-electron chi connectivity index (χ4n) is 1.95. The van der Waals surface area contributed by atoms with Crippen LogP contribution in [0, 0.1) is 0 Å². The molecule has 0 rings (SSSR count). The summed E-state index contributed by atoms with van der Waals surface area (Å²) in [5.74, 6) is -0.330. The molecule has 2 unspecified atom stereocenters. The lowest BCUT2D eigenvalue weighted by molar-refractivity contribution is -0.125. The number of carbonyl (C=O) groups is 1. The lowest BCUT2D eigenvalue weighted by atomic mass is 9.94. The molecule has 0 aromatic heterocycles. The summed E-state index contributed by atoms with van der Waals surface area (Å²) < 4.78 is 5.72. The first-order valence-corrected chi connectivity index (χ1v) is 7.06. The zero-order valence-electron chi connectivity index (χ0n) is 12.4. The first kappa shape index (κ1) is 17.4. The molecule has 2 atom stereocenters. The third-order valence-corrected chi connectivity index (χ3v) is 3.44. The van der Waals surface area contributed by atoms with Gasteiger partial charge in [0, 0.05) is 13.0 Å². The van der Waals surface area contributed by atoms with Crippen LogP contribution < -0.4 is 11.1 Å². The molecule has 0 aromatic rings. The Morgan fingerprint density at radius 1 is 1.33 bits per heavy atom. The van der Waals surface area contributed by atoms with Crippen LogP contribution in [-0.2, 0) is 9.53 Å². The number of unbranched alkanes of at least 4 members (excludes halogenated alkanes) is 4. The lowest BCUT2D eigenvalue weighted by Gasteiger charge is -2.28. The second-order valence-corrected chi connectivity index (χ2v) is 5.25. The second-order valence-electron chi connectivity index (χ2n) is 5.25. The standard InChI is InChI=1S/C14H30N2O2/c1-5-6-7-8-9-10-18-12(2)11-14(3,16-4)13(15)17/h12,16H,5-11H2,1-4H3,(H2,15,17). The Bertz CT molecular complexity index is 234. The average molecular weight is 258 g/mol. The summed E-state index contributed by atoms with van der Waals surface area (Å²) in [6.07, 6.45) is 6.81. The molecule has 3 N–H and O–H groups in total. The van der Waals surface area contributed by atoms with Crippen molar-refractivity contribution in [3.8, 4) is 0 Å². The van der Waals surface area contributed by atoms with Crippen molar-refractivity contribution in [3.63, 3.8) is 0 Å². The van der Waals surface area contributed by atoms with E-state index in [1.807, 2.05) is 13.8 Å². The van der Waals surface area contributed by atoms with E-state index in [0.29, 0.717) is 6.42 Å². The minimum Gasteiger partial charge on any atom is -0.378 e. The molecule has 1 amide bonds. The number of rotatable bonds is 11. The Kier molecular flexibility index (Phi) is 9.02. The van der Waals surface area contributed by atoms with Gasteiger partial charge in [0.2, 0.25) is 5.91 Å². The Hall–Kier alpha value is -0.610. The van der Waals surface area contributed by atoms with Crippen LogP contribution in [0.4, 0.5) is 0 Å². The van der Waals surface area contributed by atoms with Gasteiger partial charge in [0.1, 0.15) is 0 Å². The maximum absolute atomic E-state index is 11.3. The molecule has 0 aliphatic rings. The van der Waals surface area contributed by atoms with Crippen LogP contribution in [0.3, 0.4) is 0 Å². The van der Waals surface area contributed by atoms with E-state index in [4.69, 9.17) is 10.5 Å². The topological polar surface area (TPSA) is 64.3 Å². The van der Waals surface area contributed by atoms with Crippen LogP contribution in [0.15, 0.2) is 0 Å². The first-order chi connectivity index (χ1) is 8.46. The van der Waals surface area contributed by atoms with Crippen molar-refractivity contribution >= 4 is 5.91 Å². The molecule has 0 aliphatic carbocycles. The van der Waals surface area contributed by atoms with Crippen LogP contribution in [0.2, 0.25) is 0 Å². The number of primary amides is 1. The number of carbonyl (C=O) groups excluding carboxylic acids is 1. The monoisotopic (exact) mass is 258 g/mol. The van der Waals surface area contributed by atoms with E-state index in [0.717, 1.165) is 13.0 Å². The molecule has 0 fully saturated rings. The van der Waals surface area contributed by atoms with Crippen molar-refractivity contribution in [2.45, 2.75) is 70.9 Å². The van der Waals surface area contributed by atoms with Gasteiger partial charge >= 0.3 is 0 Å². The molecule has 0 saturated heterocycles. The molecule has 0 bridgehead atoms. The van der Waals surface area contributed by atoms with E-state index in [2.05, 4.69) is 12.2 Å². The SMILES string of the molecule is CCCCCCCOC(C)CC(C)(NC)C(N)=O. The van der Waals surface area contributed by atoms with Gasteiger partial charge in [-0.05, 0) is 27.3 Å². The van der Waals surface area contributed by atoms with Crippen molar-refractivity contribution < 1.29 is 9.53 Å². The Labute approximate surface area is 112 Å². The van der Waals surface area contributed by atoms with E-state index in [9.17, 15) is 4.79 Å². The molecule has 0 spiro atoms. The molecule has 18 heavy (non-hydrogen) atoms. The Morgan fingerprint density at radius 3 is 2.44 bits per heavy atom. The summed E-state index contributed by atoms with van der Waals surface area (Å²) in [6.45, 7) is 6.78. The summed E-state index contributed by atoms with van der Waals surface area (Å²) in [4.78, 5) is 11.3. The van der Waals surface area contributed by atoms with Gasteiger partial charge in [-0.25, -0.2) is 0 Å². The molecule has 4 nitrogen and oxygen atoms in total. The van der Waals surface area contributed by atoms with Crippen LogP contribution in [0.1, 0.15) is 59.3 Å². The van der Waals surface area contributed by atoms with Gasteiger partial charge in [-0.15, -0.1) is 0 Å². The quantitative estimate of drug-likeness (QED) is 0.558.